The van der Waals surface area contributed by atoms with E-state index in [2.05, 4.69) is 15.5 Å². The summed E-state index contributed by atoms with van der Waals surface area (Å²) in [7, 11) is 0. The van der Waals surface area contributed by atoms with Gasteiger partial charge in [-0.1, -0.05) is 60.7 Å². The second-order valence-electron chi connectivity index (χ2n) is 6.23. The zero-order chi connectivity index (χ0) is 20.1. The van der Waals surface area contributed by atoms with Crippen molar-refractivity contribution < 1.29 is 14.3 Å². The molecule has 29 heavy (non-hydrogen) atoms. The smallest absolute Gasteiger partial charge is 0.339 e. The van der Waals surface area contributed by atoms with Crippen LogP contribution in [0.5, 0.6) is 0 Å². The van der Waals surface area contributed by atoms with Crippen LogP contribution in [-0.4, -0.2) is 32.0 Å². The van der Waals surface area contributed by atoms with Crippen LogP contribution in [0, 0.1) is 0 Å². The first kappa shape index (κ1) is 18.2. The molecule has 1 atom stereocenters. The van der Waals surface area contributed by atoms with E-state index in [1.165, 1.54) is 11.0 Å². The maximum atomic E-state index is 13.0. The van der Waals surface area contributed by atoms with Crippen LogP contribution in [0.3, 0.4) is 0 Å². The monoisotopic (exact) mass is 384 g/mol. The van der Waals surface area contributed by atoms with Gasteiger partial charge in [0, 0.05) is 11.1 Å². The summed E-state index contributed by atoms with van der Waals surface area (Å²) in [5.74, 6) is -0.873. The van der Waals surface area contributed by atoms with E-state index in [1.807, 2.05) is 12.1 Å². The Kier molecular flexibility index (Phi) is 5.20. The quantitative estimate of drug-likeness (QED) is 0.374. The van der Waals surface area contributed by atoms with E-state index in [1.54, 1.807) is 72.8 Å². The minimum atomic E-state index is -1.04. The van der Waals surface area contributed by atoms with E-state index in [0.717, 1.165) is 0 Å². The molecule has 1 aromatic heterocycles. The number of esters is 1. The Morgan fingerprint density at radius 3 is 2.07 bits per heavy atom. The highest BCUT2D eigenvalue weighted by Gasteiger charge is 2.26. The number of aromatic nitrogens is 4. The van der Waals surface area contributed by atoms with Crippen LogP contribution in [0.2, 0.25) is 0 Å². The summed E-state index contributed by atoms with van der Waals surface area (Å²) in [6, 6.07) is 24.4. The van der Waals surface area contributed by atoms with Gasteiger partial charge in [-0.3, -0.25) is 4.79 Å². The number of rotatable bonds is 6. The summed E-state index contributed by atoms with van der Waals surface area (Å²) in [6.07, 6.45) is 0.419. The SMILES string of the molecule is O=C(O[C@H](C(=O)c1ccccc1)c1ccccc1)c1ccc(-n2cnnn2)cc1. The maximum absolute atomic E-state index is 13.0. The number of hydrogen-bond donors (Lipinski definition) is 0. The first-order chi connectivity index (χ1) is 14.2. The Labute approximate surface area is 166 Å². The number of nitrogens with zero attached hydrogens (tertiary/aromatic N) is 4. The lowest BCUT2D eigenvalue weighted by Crippen LogP contribution is -2.20. The van der Waals surface area contributed by atoms with Gasteiger partial charge in [-0.2, -0.15) is 0 Å². The first-order valence-electron chi connectivity index (χ1n) is 8.91. The Bertz CT molecular complexity index is 1100. The molecule has 0 bridgehead atoms. The molecule has 4 rings (SSSR count). The minimum Gasteiger partial charge on any atom is -0.445 e. The van der Waals surface area contributed by atoms with Crippen molar-refractivity contribution >= 4 is 11.8 Å². The zero-order valence-corrected chi connectivity index (χ0v) is 15.3. The third-order valence-corrected chi connectivity index (χ3v) is 4.34. The largest absolute Gasteiger partial charge is 0.445 e. The lowest BCUT2D eigenvalue weighted by atomic mass is 10.00. The van der Waals surface area contributed by atoms with Gasteiger partial charge in [-0.25, -0.2) is 9.48 Å². The second-order valence-corrected chi connectivity index (χ2v) is 6.23. The van der Waals surface area contributed by atoms with E-state index in [0.29, 0.717) is 22.4 Å². The molecule has 7 heteroatoms. The van der Waals surface area contributed by atoms with Gasteiger partial charge in [-0.05, 0) is 34.7 Å². The van der Waals surface area contributed by atoms with Gasteiger partial charge in [0.25, 0.3) is 0 Å². The third-order valence-electron chi connectivity index (χ3n) is 4.34. The number of benzene rings is 3. The van der Waals surface area contributed by atoms with Crippen molar-refractivity contribution in [2.24, 2.45) is 0 Å². The van der Waals surface area contributed by atoms with Gasteiger partial charge in [0.1, 0.15) is 6.33 Å². The number of carbonyl (C=O) groups is 2. The predicted molar refractivity (Wildman–Crippen MR) is 105 cm³/mol. The highest BCUT2D eigenvalue weighted by atomic mass is 16.5. The van der Waals surface area contributed by atoms with Crippen LogP contribution in [0.4, 0.5) is 0 Å². The summed E-state index contributed by atoms with van der Waals surface area (Å²) >= 11 is 0. The summed E-state index contributed by atoms with van der Waals surface area (Å²) < 4.78 is 7.11. The molecule has 3 aromatic carbocycles. The molecule has 0 N–H and O–H groups in total. The molecular weight excluding hydrogens is 368 g/mol. The minimum absolute atomic E-state index is 0.282. The van der Waals surface area contributed by atoms with E-state index >= 15 is 0 Å². The summed E-state index contributed by atoms with van der Waals surface area (Å²) in [5, 5.41) is 11.0. The number of carbonyl (C=O) groups excluding carboxylic acids is 2. The van der Waals surface area contributed by atoms with Crippen molar-refractivity contribution in [3.05, 3.63) is 108 Å². The van der Waals surface area contributed by atoms with Gasteiger partial charge in [-0.15, -0.1) is 5.10 Å². The van der Waals surface area contributed by atoms with Gasteiger partial charge in [0.15, 0.2) is 6.10 Å². The zero-order valence-electron chi connectivity index (χ0n) is 15.3. The maximum Gasteiger partial charge on any atom is 0.339 e. The highest BCUT2D eigenvalue weighted by molar-refractivity contribution is 6.02. The molecule has 0 radical (unpaired) electrons. The number of ether oxygens (including phenoxy) is 1. The van der Waals surface area contributed by atoms with Crippen molar-refractivity contribution in [2.75, 3.05) is 0 Å². The number of ketones is 1. The first-order valence-corrected chi connectivity index (χ1v) is 8.91. The molecule has 7 nitrogen and oxygen atoms in total. The Morgan fingerprint density at radius 2 is 1.45 bits per heavy atom. The average molecular weight is 384 g/mol. The molecule has 0 aliphatic heterocycles. The van der Waals surface area contributed by atoms with Gasteiger partial charge >= 0.3 is 5.97 Å². The van der Waals surface area contributed by atoms with E-state index < -0.39 is 12.1 Å². The van der Waals surface area contributed by atoms with Gasteiger partial charge in [0.05, 0.1) is 11.3 Å². The molecule has 0 spiro atoms. The molecule has 1 heterocycles. The molecule has 0 fully saturated rings. The van der Waals surface area contributed by atoms with Crippen LogP contribution < -0.4 is 0 Å². The fourth-order valence-corrected chi connectivity index (χ4v) is 2.86. The lowest BCUT2D eigenvalue weighted by Gasteiger charge is -2.17. The summed E-state index contributed by atoms with van der Waals surface area (Å²) in [4.78, 5) is 25.8. The van der Waals surface area contributed by atoms with Crippen molar-refractivity contribution in [2.45, 2.75) is 6.10 Å². The molecule has 142 valence electrons. The highest BCUT2D eigenvalue weighted by Crippen LogP contribution is 2.24. The van der Waals surface area contributed by atoms with Crippen molar-refractivity contribution in [1.82, 2.24) is 20.2 Å². The average Bonchev–Trinajstić information content (AvgIpc) is 3.33. The van der Waals surface area contributed by atoms with Crippen LogP contribution in [0.15, 0.2) is 91.3 Å². The number of Topliss-reactive ketones (excluding diaryl/α,β-unsaturated/α-hetero) is 1. The lowest BCUT2D eigenvalue weighted by molar-refractivity contribution is 0.0280. The molecular formula is C22H16N4O3. The fraction of sp³-hybridized carbons (Fsp3) is 0.0455. The second kappa shape index (κ2) is 8.26. The summed E-state index contributed by atoms with van der Waals surface area (Å²) in [6.45, 7) is 0. The standard InChI is InChI=1S/C22H16N4O3/c27-20(16-7-3-1-4-8-16)21(17-9-5-2-6-10-17)29-22(28)18-11-13-19(14-12-18)26-15-23-24-25-26/h1-15,21H/t21-/m0/s1. The van der Waals surface area contributed by atoms with E-state index in [9.17, 15) is 9.59 Å². The van der Waals surface area contributed by atoms with Crippen molar-refractivity contribution in [3.8, 4) is 5.69 Å². The molecule has 0 saturated heterocycles. The van der Waals surface area contributed by atoms with Crippen LogP contribution in [0.1, 0.15) is 32.4 Å². The molecule has 0 saturated carbocycles. The molecule has 0 aliphatic carbocycles. The van der Waals surface area contributed by atoms with E-state index in [-0.39, 0.29) is 5.78 Å². The van der Waals surface area contributed by atoms with E-state index in [4.69, 9.17) is 4.74 Å². The normalized spacial score (nSPS) is 11.6. The van der Waals surface area contributed by atoms with Gasteiger partial charge < -0.3 is 4.74 Å². The molecule has 0 aliphatic rings. The summed E-state index contributed by atoms with van der Waals surface area (Å²) in [5.41, 5.74) is 2.11. The molecule has 0 amide bonds. The predicted octanol–water partition coefficient (Wildman–Crippen LogP) is 3.44. The Balaban J connectivity index is 1.59. The number of hydrogen-bond acceptors (Lipinski definition) is 6. The Hall–Kier alpha value is -4.13. The van der Waals surface area contributed by atoms with Crippen LogP contribution in [0.25, 0.3) is 5.69 Å². The molecule has 4 aromatic rings. The Morgan fingerprint density at radius 1 is 0.793 bits per heavy atom. The molecule has 0 unspecified atom stereocenters. The van der Waals surface area contributed by atoms with Crippen molar-refractivity contribution in [3.63, 3.8) is 0 Å². The van der Waals surface area contributed by atoms with Crippen LogP contribution >= 0.6 is 0 Å². The topological polar surface area (TPSA) is 87.0 Å². The number of tetrazole rings is 1. The third kappa shape index (κ3) is 4.08. The van der Waals surface area contributed by atoms with Crippen LogP contribution in [-0.2, 0) is 4.74 Å². The van der Waals surface area contributed by atoms with Gasteiger partial charge in [0.2, 0.25) is 5.78 Å². The van der Waals surface area contributed by atoms with Crippen molar-refractivity contribution in [1.29, 1.82) is 0 Å². The fourth-order valence-electron chi connectivity index (χ4n) is 2.86.